The molecular formula is C36H40F4N4O4. The van der Waals surface area contributed by atoms with Gasteiger partial charge in [0.15, 0.2) is 0 Å². The normalized spacial score (nSPS) is 14.7. The summed E-state index contributed by atoms with van der Waals surface area (Å²) in [6, 6.07) is 8.12. The minimum Gasteiger partial charge on any atom is -0.481 e. The van der Waals surface area contributed by atoms with Gasteiger partial charge >= 0.3 is 12.1 Å². The number of nitrogens with one attached hydrogen (secondary N) is 1. The van der Waals surface area contributed by atoms with E-state index in [4.69, 9.17) is 0 Å². The Morgan fingerprint density at radius 2 is 1.83 bits per heavy atom. The van der Waals surface area contributed by atoms with Crippen LogP contribution in [0.1, 0.15) is 85.5 Å². The van der Waals surface area contributed by atoms with E-state index in [1.54, 1.807) is 38.1 Å². The van der Waals surface area contributed by atoms with Crippen LogP contribution in [0.3, 0.4) is 0 Å². The number of aliphatic carboxylic acids is 1. The molecule has 0 aliphatic carbocycles. The summed E-state index contributed by atoms with van der Waals surface area (Å²) in [5.41, 5.74) is 0.00915. The molecule has 0 spiro atoms. The maximum atomic E-state index is 15.8. The number of likely N-dealkylation sites (tertiary alicyclic amines) is 1. The molecule has 1 saturated heterocycles. The number of halogens is 4. The Balaban J connectivity index is 1.78. The van der Waals surface area contributed by atoms with E-state index in [9.17, 15) is 37.9 Å². The van der Waals surface area contributed by atoms with Crippen LogP contribution < -0.4 is 10.9 Å². The second-order valence-corrected chi connectivity index (χ2v) is 12.7. The Morgan fingerprint density at radius 3 is 2.40 bits per heavy atom. The van der Waals surface area contributed by atoms with Gasteiger partial charge in [-0.25, -0.2) is 4.39 Å². The fourth-order valence-electron chi connectivity index (χ4n) is 6.01. The zero-order chi connectivity index (χ0) is 35.3. The van der Waals surface area contributed by atoms with Crippen molar-refractivity contribution in [3.8, 4) is 17.2 Å². The Morgan fingerprint density at radius 1 is 1.12 bits per heavy atom. The maximum Gasteiger partial charge on any atom is 0.416 e. The molecule has 1 aromatic heterocycles. The number of alkyl halides is 3. The van der Waals surface area contributed by atoms with Crippen molar-refractivity contribution in [2.24, 2.45) is 5.92 Å². The van der Waals surface area contributed by atoms with Crippen molar-refractivity contribution in [3.63, 3.8) is 0 Å². The quantitative estimate of drug-likeness (QED) is 0.199. The number of benzene rings is 2. The summed E-state index contributed by atoms with van der Waals surface area (Å²) in [6.07, 6.45) is -2.75. The number of carbonyl (C=O) groups excluding carboxylic acids is 1. The van der Waals surface area contributed by atoms with E-state index in [1.165, 1.54) is 13.0 Å². The fraction of sp³-hybridized carbons (Fsp3) is 0.444. The lowest BCUT2D eigenvalue weighted by Crippen LogP contribution is -2.41. The third-order valence-corrected chi connectivity index (χ3v) is 8.72. The molecule has 1 amide bonds. The second-order valence-electron chi connectivity index (χ2n) is 12.7. The number of nitriles is 1. The molecule has 12 heteroatoms. The summed E-state index contributed by atoms with van der Waals surface area (Å²) >= 11 is 0. The van der Waals surface area contributed by atoms with E-state index in [0.717, 1.165) is 35.8 Å². The van der Waals surface area contributed by atoms with Crippen molar-refractivity contribution in [1.82, 2.24) is 14.8 Å². The van der Waals surface area contributed by atoms with Crippen LogP contribution in [0.25, 0.3) is 11.1 Å². The van der Waals surface area contributed by atoms with Crippen LogP contribution in [0.2, 0.25) is 0 Å². The molecule has 256 valence electrons. The van der Waals surface area contributed by atoms with Gasteiger partial charge in [0, 0.05) is 24.4 Å². The monoisotopic (exact) mass is 668 g/mol. The summed E-state index contributed by atoms with van der Waals surface area (Å²) in [7, 11) is 0. The summed E-state index contributed by atoms with van der Waals surface area (Å²) in [5.74, 6) is -3.13. The third-order valence-electron chi connectivity index (χ3n) is 8.72. The van der Waals surface area contributed by atoms with Gasteiger partial charge in [-0.2, -0.15) is 18.4 Å². The molecule has 0 saturated carbocycles. The summed E-state index contributed by atoms with van der Waals surface area (Å²) in [4.78, 5) is 41.2. The van der Waals surface area contributed by atoms with Crippen LogP contribution in [0.4, 0.5) is 17.6 Å². The highest BCUT2D eigenvalue weighted by atomic mass is 19.4. The van der Waals surface area contributed by atoms with Gasteiger partial charge in [-0.05, 0) is 104 Å². The number of aryl methyl sites for hydroxylation is 2. The topological polar surface area (TPSA) is 115 Å². The van der Waals surface area contributed by atoms with Crippen molar-refractivity contribution in [3.05, 3.63) is 92.1 Å². The van der Waals surface area contributed by atoms with E-state index in [0.29, 0.717) is 35.7 Å². The minimum absolute atomic E-state index is 0.00791. The number of amides is 1. The standard InChI is InChI=1S/C36H40F4N4O4/c1-5-23-7-8-24(19-41)27(15-23)26-14-22(4)34(37)28(16-26)30(18-33(46)47)42-35(48)31(13-21(2)3)44-20-25(9-12-43-10-6-11-43)29(17-32(44)45)36(38,39)40/h7-8,14-17,20-21,30-31H,5-6,9-13,18H2,1-4H3,(H,42,48)(H,46,47)/t30-,31?/m0/s1. The molecule has 1 aliphatic heterocycles. The molecule has 3 aromatic rings. The van der Waals surface area contributed by atoms with E-state index in [2.05, 4.69) is 11.4 Å². The molecule has 8 nitrogen and oxygen atoms in total. The zero-order valence-corrected chi connectivity index (χ0v) is 27.5. The Kier molecular flexibility index (Phi) is 11.5. The Bertz CT molecular complexity index is 1770. The first-order valence-electron chi connectivity index (χ1n) is 16.0. The van der Waals surface area contributed by atoms with E-state index < -0.39 is 53.5 Å². The van der Waals surface area contributed by atoms with E-state index >= 15 is 4.39 Å². The van der Waals surface area contributed by atoms with Crippen molar-refractivity contribution >= 4 is 11.9 Å². The number of pyridine rings is 1. The fourth-order valence-corrected chi connectivity index (χ4v) is 6.01. The first-order valence-corrected chi connectivity index (χ1v) is 16.0. The van der Waals surface area contributed by atoms with Crippen molar-refractivity contribution in [2.75, 3.05) is 19.6 Å². The molecule has 2 heterocycles. The van der Waals surface area contributed by atoms with Crippen LogP contribution >= 0.6 is 0 Å². The summed E-state index contributed by atoms with van der Waals surface area (Å²) < 4.78 is 58.8. The van der Waals surface area contributed by atoms with Crippen molar-refractivity contribution in [1.29, 1.82) is 5.26 Å². The molecule has 1 fully saturated rings. The maximum absolute atomic E-state index is 15.8. The van der Waals surface area contributed by atoms with Crippen LogP contribution in [-0.4, -0.2) is 46.1 Å². The van der Waals surface area contributed by atoms with Gasteiger partial charge in [0.1, 0.15) is 11.9 Å². The average molecular weight is 669 g/mol. The van der Waals surface area contributed by atoms with Gasteiger partial charge in [0.05, 0.1) is 29.7 Å². The highest BCUT2D eigenvalue weighted by Crippen LogP contribution is 2.34. The molecule has 4 rings (SSSR count). The lowest BCUT2D eigenvalue weighted by Gasteiger charge is -2.31. The Labute approximate surface area is 277 Å². The molecule has 0 bridgehead atoms. The summed E-state index contributed by atoms with van der Waals surface area (Å²) in [6.45, 7) is 8.87. The van der Waals surface area contributed by atoms with E-state index in [-0.39, 0.29) is 35.4 Å². The highest BCUT2D eigenvalue weighted by molar-refractivity contribution is 5.82. The van der Waals surface area contributed by atoms with Gasteiger partial charge < -0.3 is 19.9 Å². The molecular weight excluding hydrogens is 628 g/mol. The SMILES string of the molecule is CCc1ccc(C#N)c(-c2cc(C)c(F)c([C@H](CC(=O)O)NC(=O)C(CC(C)C)n3cc(CCN4CCC4)c(C(F)(F)F)cc3=O)c2)c1. The number of carboxylic acids is 1. The molecule has 1 unspecified atom stereocenters. The van der Waals surface area contributed by atoms with Gasteiger partial charge in [-0.3, -0.25) is 14.4 Å². The average Bonchev–Trinajstić information content (AvgIpc) is 2.99. The molecule has 1 aliphatic rings. The number of nitrogens with zero attached hydrogens (tertiary/aromatic N) is 3. The van der Waals surface area contributed by atoms with Gasteiger partial charge in [0.25, 0.3) is 5.56 Å². The van der Waals surface area contributed by atoms with Gasteiger partial charge in [-0.1, -0.05) is 26.8 Å². The van der Waals surface area contributed by atoms with Crippen molar-refractivity contribution < 1.29 is 32.3 Å². The number of carboxylic acid groups (broad SMARTS) is 1. The first-order chi connectivity index (χ1) is 22.6. The van der Waals surface area contributed by atoms with Crippen LogP contribution in [-0.2, 0) is 28.6 Å². The molecule has 0 radical (unpaired) electrons. The molecule has 2 atom stereocenters. The largest absolute Gasteiger partial charge is 0.481 e. The Hall–Kier alpha value is -4.50. The smallest absolute Gasteiger partial charge is 0.416 e. The molecule has 48 heavy (non-hydrogen) atoms. The lowest BCUT2D eigenvalue weighted by atomic mass is 9.91. The number of hydrogen-bond acceptors (Lipinski definition) is 5. The van der Waals surface area contributed by atoms with Crippen LogP contribution in [0.15, 0.2) is 47.4 Å². The predicted octanol–water partition coefficient (Wildman–Crippen LogP) is 6.58. The van der Waals surface area contributed by atoms with Crippen LogP contribution in [0, 0.1) is 30.0 Å². The third kappa shape index (κ3) is 8.50. The number of rotatable bonds is 13. The number of aromatic nitrogens is 1. The van der Waals surface area contributed by atoms with Crippen LogP contribution in [0.5, 0.6) is 0 Å². The molecule has 2 aromatic carbocycles. The van der Waals surface area contributed by atoms with E-state index in [1.807, 2.05) is 11.8 Å². The first kappa shape index (κ1) is 36.3. The molecule has 2 N–H and O–H groups in total. The number of carbonyl (C=O) groups is 2. The minimum atomic E-state index is -4.78. The number of hydrogen-bond donors (Lipinski definition) is 2. The van der Waals surface area contributed by atoms with Crippen molar-refractivity contribution in [2.45, 2.75) is 78.1 Å². The zero-order valence-electron chi connectivity index (χ0n) is 27.5. The lowest BCUT2D eigenvalue weighted by molar-refractivity contribution is -0.139. The van der Waals surface area contributed by atoms with Gasteiger partial charge in [0.2, 0.25) is 5.91 Å². The predicted molar refractivity (Wildman–Crippen MR) is 173 cm³/mol. The second kappa shape index (κ2) is 15.2. The van der Waals surface area contributed by atoms with Gasteiger partial charge in [-0.15, -0.1) is 0 Å². The summed E-state index contributed by atoms with van der Waals surface area (Å²) in [5, 5.41) is 22.2. The highest BCUT2D eigenvalue weighted by Gasteiger charge is 2.36.